The molecule has 9 heavy (non-hydrogen) atoms. The molecule has 1 aliphatic rings. The summed E-state index contributed by atoms with van der Waals surface area (Å²) in [6.07, 6.45) is 4.35. The first kappa shape index (κ1) is 7.11. The summed E-state index contributed by atoms with van der Waals surface area (Å²) in [7, 11) is 0. The van der Waals surface area contributed by atoms with Crippen molar-refractivity contribution in [3.05, 3.63) is 0 Å². The van der Waals surface area contributed by atoms with E-state index >= 15 is 0 Å². The van der Waals surface area contributed by atoms with Crippen LogP contribution in [0.15, 0.2) is 0 Å². The number of hydrogen-bond acceptors (Lipinski definition) is 0. The molecule has 0 aliphatic heterocycles. The van der Waals surface area contributed by atoms with Crippen molar-refractivity contribution in [1.82, 2.24) is 0 Å². The zero-order valence-corrected chi connectivity index (χ0v) is 6.85. The van der Waals surface area contributed by atoms with E-state index in [9.17, 15) is 0 Å². The Morgan fingerprint density at radius 3 is 2.11 bits per heavy atom. The first-order chi connectivity index (χ1) is 4.25. The Kier molecular flexibility index (Phi) is 2.15. The minimum Gasteiger partial charge on any atom is -0.0651 e. The predicted molar refractivity (Wildman–Crippen MR) is 41.3 cm³/mol. The molecule has 3 atom stereocenters. The van der Waals surface area contributed by atoms with Crippen molar-refractivity contribution in [2.45, 2.75) is 40.0 Å². The van der Waals surface area contributed by atoms with Crippen molar-refractivity contribution in [3.8, 4) is 0 Å². The lowest BCUT2D eigenvalue weighted by Crippen LogP contribution is -2.07. The molecule has 0 aromatic carbocycles. The molecular weight excluding hydrogens is 108 g/mol. The van der Waals surface area contributed by atoms with Crippen LogP contribution < -0.4 is 0 Å². The molecule has 0 saturated heterocycles. The largest absolute Gasteiger partial charge is 0.0651 e. The number of rotatable bonds is 1. The second-order valence-corrected chi connectivity index (χ2v) is 3.58. The minimum atomic E-state index is 0.995. The summed E-state index contributed by atoms with van der Waals surface area (Å²) < 4.78 is 0. The molecule has 1 rings (SSSR count). The first-order valence-electron chi connectivity index (χ1n) is 4.25. The van der Waals surface area contributed by atoms with Crippen LogP contribution in [-0.4, -0.2) is 0 Å². The zero-order valence-electron chi connectivity index (χ0n) is 6.85. The van der Waals surface area contributed by atoms with Crippen LogP contribution in [0.25, 0.3) is 0 Å². The molecule has 0 N–H and O–H groups in total. The van der Waals surface area contributed by atoms with Gasteiger partial charge < -0.3 is 0 Å². The van der Waals surface area contributed by atoms with Crippen molar-refractivity contribution in [2.75, 3.05) is 0 Å². The van der Waals surface area contributed by atoms with Crippen LogP contribution in [0, 0.1) is 17.8 Å². The van der Waals surface area contributed by atoms with Gasteiger partial charge in [-0.25, -0.2) is 0 Å². The Balaban J connectivity index is 2.41. The van der Waals surface area contributed by atoms with Gasteiger partial charge in [0.2, 0.25) is 0 Å². The normalized spacial score (nSPS) is 43.7. The van der Waals surface area contributed by atoms with Crippen LogP contribution in [0.5, 0.6) is 0 Å². The van der Waals surface area contributed by atoms with Gasteiger partial charge in [0.25, 0.3) is 0 Å². The Labute approximate surface area is 58.7 Å². The topological polar surface area (TPSA) is 0 Å². The van der Waals surface area contributed by atoms with E-state index in [1.165, 1.54) is 19.3 Å². The lowest BCUT2D eigenvalue weighted by Gasteiger charge is -2.15. The van der Waals surface area contributed by atoms with Crippen LogP contribution in [0.3, 0.4) is 0 Å². The van der Waals surface area contributed by atoms with Crippen molar-refractivity contribution in [2.24, 2.45) is 17.8 Å². The van der Waals surface area contributed by atoms with Crippen LogP contribution in [0.1, 0.15) is 40.0 Å². The summed E-state index contributed by atoms with van der Waals surface area (Å²) in [6.45, 7) is 7.12. The van der Waals surface area contributed by atoms with Gasteiger partial charge in [-0.05, 0) is 24.2 Å². The smallest absolute Gasteiger partial charge is 0.0388 e. The average Bonchev–Trinajstić information content (AvgIpc) is 2.15. The monoisotopic (exact) mass is 126 g/mol. The molecule has 0 aromatic heterocycles. The molecule has 1 unspecified atom stereocenters. The first-order valence-corrected chi connectivity index (χ1v) is 4.25. The Morgan fingerprint density at radius 1 is 1.22 bits per heavy atom. The molecule has 0 radical (unpaired) electrons. The quantitative estimate of drug-likeness (QED) is 0.506. The van der Waals surface area contributed by atoms with Crippen molar-refractivity contribution < 1.29 is 0 Å². The molecule has 0 heterocycles. The highest BCUT2D eigenvalue weighted by Crippen LogP contribution is 2.37. The molecule has 0 spiro atoms. The van der Waals surface area contributed by atoms with Gasteiger partial charge in [0.15, 0.2) is 0 Å². The Hall–Kier alpha value is 0. The fourth-order valence-electron chi connectivity index (χ4n) is 2.04. The fourth-order valence-corrected chi connectivity index (χ4v) is 2.04. The molecule has 0 nitrogen and oxygen atoms in total. The zero-order chi connectivity index (χ0) is 6.85. The van der Waals surface area contributed by atoms with E-state index < -0.39 is 0 Å². The summed E-state index contributed by atoms with van der Waals surface area (Å²) >= 11 is 0. The lowest BCUT2D eigenvalue weighted by atomic mass is 9.91. The van der Waals surface area contributed by atoms with Crippen molar-refractivity contribution >= 4 is 0 Å². The second kappa shape index (κ2) is 2.72. The summed E-state index contributed by atoms with van der Waals surface area (Å²) in [5.74, 6) is 3.03. The fraction of sp³-hybridized carbons (Fsp3) is 1.00. The van der Waals surface area contributed by atoms with E-state index in [0.717, 1.165) is 17.8 Å². The third kappa shape index (κ3) is 1.28. The average molecular weight is 126 g/mol. The van der Waals surface area contributed by atoms with Gasteiger partial charge >= 0.3 is 0 Å². The third-order valence-corrected chi connectivity index (χ3v) is 3.16. The molecule has 0 amide bonds. The highest BCUT2D eigenvalue weighted by Gasteiger charge is 2.27. The molecule has 0 bridgehead atoms. The number of hydrogen-bond donors (Lipinski definition) is 0. The highest BCUT2D eigenvalue weighted by molar-refractivity contribution is 4.78. The van der Waals surface area contributed by atoms with Gasteiger partial charge in [-0.2, -0.15) is 0 Å². The Bertz CT molecular complexity index is 86.0. The maximum atomic E-state index is 2.41. The summed E-state index contributed by atoms with van der Waals surface area (Å²) in [5, 5.41) is 0. The maximum absolute atomic E-state index is 2.41. The van der Waals surface area contributed by atoms with Crippen molar-refractivity contribution in [1.29, 1.82) is 0 Å². The summed E-state index contributed by atoms with van der Waals surface area (Å²) in [4.78, 5) is 0. The van der Waals surface area contributed by atoms with E-state index in [4.69, 9.17) is 0 Å². The van der Waals surface area contributed by atoms with E-state index in [0.29, 0.717) is 0 Å². The summed E-state index contributed by atoms with van der Waals surface area (Å²) in [5.41, 5.74) is 0. The van der Waals surface area contributed by atoms with Gasteiger partial charge in [0.05, 0.1) is 0 Å². The maximum Gasteiger partial charge on any atom is -0.0388 e. The van der Waals surface area contributed by atoms with E-state index in [-0.39, 0.29) is 0 Å². The molecule has 0 heteroatoms. The van der Waals surface area contributed by atoms with E-state index in [1.807, 2.05) is 0 Å². The van der Waals surface area contributed by atoms with Gasteiger partial charge in [0, 0.05) is 0 Å². The third-order valence-electron chi connectivity index (χ3n) is 3.16. The molecule has 0 aromatic rings. The van der Waals surface area contributed by atoms with E-state index in [1.54, 1.807) is 0 Å². The molecule has 54 valence electrons. The van der Waals surface area contributed by atoms with Gasteiger partial charge in [-0.3, -0.25) is 0 Å². The molecule has 1 aliphatic carbocycles. The Morgan fingerprint density at radius 2 is 1.89 bits per heavy atom. The molecule has 1 saturated carbocycles. The standard InChI is InChI=1S/C9H18/c1-4-9-6-5-7(2)8(9)3/h7-9H,4-6H2,1-3H3/t7?,8-,9+/m1/s1. The second-order valence-electron chi connectivity index (χ2n) is 3.58. The predicted octanol–water partition coefficient (Wildman–Crippen LogP) is 3.08. The van der Waals surface area contributed by atoms with Gasteiger partial charge in [-0.15, -0.1) is 0 Å². The summed E-state index contributed by atoms with van der Waals surface area (Å²) in [6, 6.07) is 0. The van der Waals surface area contributed by atoms with Gasteiger partial charge in [-0.1, -0.05) is 33.6 Å². The SMILES string of the molecule is CC[C@H]1CCC(C)[C@H]1C. The molecular formula is C9H18. The molecule has 1 fully saturated rings. The van der Waals surface area contributed by atoms with Crippen molar-refractivity contribution in [3.63, 3.8) is 0 Å². The van der Waals surface area contributed by atoms with Crippen LogP contribution in [0.4, 0.5) is 0 Å². The van der Waals surface area contributed by atoms with Crippen LogP contribution in [0.2, 0.25) is 0 Å². The minimum absolute atomic E-state index is 0.995. The van der Waals surface area contributed by atoms with Crippen LogP contribution >= 0.6 is 0 Å². The van der Waals surface area contributed by atoms with Crippen LogP contribution in [-0.2, 0) is 0 Å². The van der Waals surface area contributed by atoms with Gasteiger partial charge in [0.1, 0.15) is 0 Å². The lowest BCUT2D eigenvalue weighted by molar-refractivity contribution is 0.349. The highest BCUT2D eigenvalue weighted by atomic mass is 14.3. The van der Waals surface area contributed by atoms with E-state index in [2.05, 4.69) is 20.8 Å².